The molecule has 0 heterocycles. The lowest BCUT2D eigenvalue weighted by Crippen LogP contribution is -2.37. The summed E-state index contributed by atoms with van der Waals surface area (Å²) in [5.41, 5.74) is 4.51. The number of ether oxygens (including phenoxy) is 4. The molecule has 1 aromatic rings. The van der Waals surface area contributed by atoms with Gasteiger partial charge in [-0.15, -0.1) is 0 Å². The molecular weight excluding hydrogens is 490 g/mol. The Kier molecular flexibility index (Phi) is 11.5. The molecule has 0 amide bonds. The summed E-state index contributed by atoms with van der Waals surface area (Å²) in [6.45, 7) is 17.5. The second-order valence-electron chi connectivity index (χ2n) is 11.9. The van der Waals surface area contributed by atoms with Crippen LogP contribution in [0.2, 0.25) is 0 Å². The third kappa shape index (κ3) is 9.74. The maximum Gasteiger partial charge on any atom is 0.323 e. The quantitative estimate of drug-likeness (QED) is 0.297. The molecule has 0 aliphatic heterocycles. The summed E-state index contributed by atoms with van der Waals surface area (Å²) >= 11 is 0. The van der Waals surface area contributed by atoms with Crippen LogP contribution in [-0.2, 0) is 35.1 Å². The number of esters is 4. The van der Waals surface area contributed by atoms with Crippen molar-refractivity contribution in [3.63, 3.8) is 0 Å². The van der Waals surface area contributed by atoms with Crippen LogP contribution < -0.4 is 15.2 Å². The Morgan fingerprint density at radius 3 is 1.79 bits per heavy atom. The van der Waals surface area contributed by atoms with Crippen LogP contribution >= 0.6 is 0 Å². The third-order valence-corrected chi connectivity index (χ3v) is 6.42. The fourth-order valence-electron chi connectivity index (χ4n) is 2.67. The van der Waals surface area contributed by atoms with Gasteiger partial charge in [-0.25, -0.2) is 0 Å². The SMILES string of the molecule is CCC(C)(C)C(=O)Oc1ccc(C[C@H](N)C(=O)O[C@@H](C)COC(=O)C(C)(C)C)cc1OC(=O)C(C)(C)CC. The second kappa shape index (κ2) is 13.2. The van der Waals surface area contributed by atoms with E-state index in [4.69, 9.17) is 24.7 Å². The summed E-state index contributed by atoms with van der Waals surface area (Å²) in [5, 5.41) is 0. The number of carbonyl (C=O) groups excluding carboxylic acids is 4. The van der Waals surface area contributed by atoms with E-state index in [2.05, 4.69) is 0 Å². The molecule has 9 heteroatoms. The summed E-state index contributed by atoms with van der Waals surface area (Å²) in [4.78, 5) is 50.0. The minimum Gasteiger partial charge on any atom is -0.461 e. The van der Waals surface area contributed by atoms with Crippen molar-refractivity contribution >= 4 is 23.9 Å². The van der Waals surface area contributed by atoms with Crippen molar-refractivity contribution in [2.75, 3.05) is 6.61 Å². The molecule has 0 unspecified atom stereocenters. The summed E-state index contributed by atoms with van der Waals surface area (Å²) in [5.74, 6) is -1.84. The Balaban J connectivity index is 3.04. The van der Waals surface area contributed by atoms with Crippen molar-refractivity contribution in [2.45, 2.75) is 101 Å². The molecule has 1 aromatic carbocycles. The van der Waals surface area contributed by atoms with Crippen molar-refractivity contribution in [3.05, 3.63) is 23.8 Å². The molecule has 214 valence electrons. The van der Waals surface area contributed by atoms with E-state index in [0.29, 0.717) is 18.4 Å². The maximum atomic E-state index is 12.8. The average Bonchev–Trinajstić information content (AvgIpc) is 2.82. The normalized spacial score (nSPS) is 13.8. The first-order valence-corrected chi connectivity index (χ1v) is 13.0. The van der Waals surface area contributed by atoms with Crippen LogP contribution in [0, 0.1) is 16.2 Å². The summed E-state index contributed by atoms with van der Waals surface area (Å²) in [6, 6.07) is 3.67. The van der Waals surface area contributed by atoms with Crippen molar-refractivity contribution in [1.82, 2.24) is 0 Å². The van der Waals surface area contributed by atoms with Crippen LogP contribution in [0.1, 0.15) is 87.6 Å². The minimum atomic E-state index is -1.03. The highest BCUT2D eigenvalue weighted by Crippen LogP contribution is 2.34. The zero-order valence-electron chi connectivity index (χ0n) is 24.6. The molecule has 0 bridgehead atoms. The Hall–Kier alpha value is -2.94. The minimum absolute atomic E-state index is 0.0670. The van der Waals surface area contributed by atoms with E-state index in [9.17, 15) is 19.2 Å². The Labute approximate surface area is 226 Å². The number of benzene rings is 1. The number of rotatable bonds is 12. The molecule has 0 aliphatic rings. The summed E-state index contributed by atoms with van der Waals surface area (Å²) in [7, 11) is 0. The Morgan fingerprint density at radius 1 is 0.816 bits per heavy atom. The van der Waals surface area contributed by atoms with E-state index in [-0.39, 0.29) is 24.5 Å². The van der Waals surface area contributed by atoms with Crippen molar-refractivity contribution in [1.29, 1.82) is 0 Å². The molecule has 0 spiro atoms. The predicted octanol–water partition coefficient (Wildman–Crippen LogP) is 4.76. The number of nitrogens with two attached hydrogens (primary N) is 1. The van der Waals surface area contributed by atoms with Crippen LogP contribution in [-0.4, -0.2) is 42.6 Å². The van der Waals surface area contributed by atoms with Gasteiger partial charge in [-0.2, -0.15) is 0 Å². The van der Waals surface area contributed by atoms with Crippen molar-refractivity contribution in [3.8, 4) is 11.5 Å². The molecule has 0 saturated carbocycles. The highest BCUT2D eigenvalue weighted by molar-refractivity contribution is 5.82. The largest absolute Gasteiger partial charge is 0.461 e. The van der Waals surface area contributed by atoms with Gasteiger partial charge in [0.25, 0.3) is 0 Å². The number of carbonyl (C=O) groups is 4. The molecular formula is C29H45NO8. The monoisotopic (exact) mass is 535 g/mol. The molecule has 0 aliphatic carbocycles. The highest BCUT2D eigenvalue weighted by Gasteiger charge is 2.32. The van der Waals surface area contributed by atoms with E-state index in [1.165, 1.54) is 12.1 Å². The Bertz CT molecular complexity index is 1010. The highest BCUT2D eigenvalue weighted by atomic mass is 16.6. The molecule has 2 atom stereocenters. The van der Waals surface area contributed by atoms with Crippen LogP contribution in [0.4, 0.5) is 0 Å². The first-order valence-electron chi connectivity index (χ1n) is 13.0. The molecule has 0 radical (unpaired) electrons. The molecule has 0 saturated heterocycles. The van der Waals surface area contributed by atoms with E-state index < -0.39 is 52.3 Å². The molecule has 1 rings (SSSR count). The van der Waals surface area contributed by atoms with Gasteiger partial charge in [0.1, 0.15) is 18.8 Å². The van der Waals surface area contributed by atoms with Gasteiger partial charge in [0, 0.05) is 0 Å². The Morgan fingerprint density at radius 2 is 1.32 bits per heavy atom. The van der Waals surface area contributed by atoms with Gasteiger partial charge < -0.3 is 24.7 Å². The first-order chi connectivity index (χ1) is 17.3. The smallest absolute Gasteiger partial charge is 0.323 e. The van der Waals surface area contributed by atoms with Gasteiger partial charge in [-0.1, -0.05) is 19.9 Å². The second-order valence-corrected chi connectivity index (χ2v) is 11.9. The lowest BCUT2D eigenvalue weighted by Gasteiger charge is -2.24. The summed E-state index contributed by atoms with van der Waals surface area (Å²) in [6.07, 6.45) is 0.497. The van der Waals surface area contributed by atoms with Crippen LogP contribution in [0.3, 0.4) is 0 Å². The van der Waals surface area contributed by atoms with Crippen LogP contribution in [0.15, 0.2) is 18.2 Å². The average molecular weight is 536 g/mol. The molecule has 38 heavy (non-hydrogen) atoms. The van der Waals surface area contributed by atoms with E-state index in [0.717, 1.165) is 0 Å². The van der Waals surface area contributed by atoms with Crippen molar-refractivity contribution in [2.24, 2.45) is 22.0 Å². The maximum absolute atomic E-state index is 12.8. The first kappa shape index (κ1) is 33.1. The van der Waals surface area contributed by atoms with E-state index in [1.807, 2.05) is 13.8 Å². The zero-order valence-corrected chi connectivity index (χ0v) is 24.6. The summed E-state index contributed by atoms with van der Waals surface area (Å²) < 4.78 is 21.8. The number of hydrogen-bond donors (Lipinski definition) is 1. The molecule has 2 N–H and O–H groups in total. The predicted molar refractivity (Wildman–Crippen MR) is 144 cm³/mol. The lowest BCUT2D eigenvalue weighted by molar-refractivity contribution is -0.163. The molecule has 0 aromatic heterocycles. The fraction of sp³-hybridized carbons (Fsp3) is 0.655. The third-order valence-electron chi connectivity index (χ3n) is 6.42. The van der Waals surface area contributed by atoms with Gasteiger partial charge in [0.15, 0.2) is 11.5 Å². The van der Waals surface area contributed by atoms with Gasteiger partial charge in [-0.05, 0) is 92.3 Å². The topological polar surface area (TPSA) is 131 Å². The molecule has 9 nitrogen and oxygen atoms in total. The van der Waals surface area contributed by atoms with Gasteiger partial charge in [0.05, 0.1) is 16.2 Å². The van der Waals surface area contributed by atoms with Gasteiger partial charge in [0.2, 0.25) is 0 Å². The van der Waals surface area contributed by atoms with Gasteiger partial charge >= 0.3 is 23.9 Å². The van der Waals surface area contributed by atoms with Crippen LogP contribution in [0.5, 0.6) is 11.5 Å². The van der Waals surface area contributed by atoms with E-state index in [1.54, 1.807) is 61.5 Å². The van der Waals surface area contributed by atoms with Crippen molar-refractivity contribution < 1.29 is 38.1 Å². The van der Waals surface area contributed by atoms with Gasteiger partial charge in [-0.3, -0.25) is 19.2 Å². The van der Waals surface area contributed by atoms with E-state index >= 15 is 0 Å². The zero-order chi connectivity index (χ0) is 29.5. The van der Waals surface area contributed by atoms with Crippen LogP contribution in [0.25, 0.3) is 0 Å². The fourth-order valence-corrected chi connectivity index (χ4v) is 2.67. The number of hydrogen-bond acceptors (Lipinski definition) is 9. The lowest BCUT2D eigenvalue weighted by atomic mass is 9.90. The standard InChI is InChI=1S/C29H45NO8/c1-11-28(7,8)25(33)37-21-14-13-19(16-22(21)38-26(34)29(9,10)12-2)15-20(30)23(31)36-18(3)17-35-24(32)27(4,5)6/h13-14,16,18,20H,11-12,15,17,30H2,1-10H3/t18-,20-/m0/s1. The molecule has 0 fully saturated rings.